The van der Waals surface area contributed by atoms with Crippen LogP contribution in [0.1, 0.15) is 30.9 Å². The van der Waals surface area contributed by atoms with Crippen LogP contribution in [0.15, 0.2) is 24.3 Å². The van der Waals surface area contributed by atoms with Crippen molar-refractivity contribution in [1.29, 1.82) is 0 Å². The van der Waals surface area contributed by atoms with Crippen molar-refractivity contribution in [3.8, 4) is 5.75 Å². The van der Waals surface area contributed by atoms with Crippen LogP contribution in [-0.4, -0.2) is 19.1 Å². The van der Waals surface area contributed by atoms with Crippen LogP contribution in [-0.2, 0) is 4.74 Å². The SMILES string of the molecule is COC1(C(N)c2ccccc2OC(F)(F)F)CCC1. The third-order valence-corrected chi connectivity index (χ3v) is 3.65. The highest BCUT2D eigenvalue weighted by Gasteiger charge is 2.45. The Hall–Kier alpha value is -1.27. The summed E-state index contributed by atoms with van der Waals surface area (Å²) in [7, 11) is 1.53. The first-order valence-electron chi connectivity index (χ1n) is 6.03. The van der Waals surface area contributed by atoms with Crippen LogP contribution in [0, 0.1) is 0 Å². The Bertz CT molecular complexity index is 438. The van der Waals surface area contributed by atoms with Crippen molar-refractivity contribution in [1.82, 2.24) is 0 Å². The summed E-state index contributed by atoms with van der Waals surface area (Å²) in [6.07, 6.45) is -2.28. The van der Waals surface area contributed by atoms with Gasteiger partial charge in [0.15, 0.2) is 0 Å². The molecule has 0 aromatic heterocycles. The van der Waals surface area contributed by atoms with Gasteiger partial charge in [0.05, 0.1) is 11.6 Å². The molecule has 1 aromatic rings. The largest absolute Gasteiger partial charge is 0.573 e. The second-order valence-electron chi connectivity index (χ2n) is 4.69. The fourth-order valence-corrected chi connectivity index (χ4v) is 2.41. The van der Waals surface area contributed by atoms with Crippen molar-refractivity contribution in [2.24, 2.45) is 5.73 Å². The number of rotatable bonds is 4. The van der Waals surface area contributed by atoms with Crippen LogP contribution in [0.3, 0.4) is 0 Å². The topological polar surface area (TPSA) is 44.5 Å². The zero-order chi connectivity index (χ0) is 14.1. The lowest BCUT2D eigenvalue weighted by Gasteiger charge is -2.45. The van der Waals surface area contributed by atoms with Crippen LogP contribution in [0.4, 0.5) is 13.2 Å². The quantitative estimate of drug-likeness (QED) is 0.918. The van der Waals surface area contributed by atoms with Gasteiger partial charge in [0.1, 0.15) is 5.75 Å². The summed E-state index contributed by atoms with van der Waals surface area (Å²) in [5.74, 6) is -0.258. The number of hydrogen-bond donors (Lipinski definition) is 1. The maximum absolute atomic E-state index is 12.4. The molecule has 3 nitrogen and oxygen atoms in total. The maximum atomic E-state index is 12.4. The molecule has 19 heavy (non-hydrogen) atoms. The average molecular weight is 275 g/mol. The van der Waals surface area contributed by atoms with E-state index in [1.54, 1.807) is 12.1 Å². The van der Waals surface area contributed by atoms with E-state index in [9.17, 15) is 13.2 Å². The van der Waals surface area contributed by atoms with E-state index in [0.29, 0.717) is 5.56 Å². The Kier molecular flexibility index (Phi) is 3.73. The molecule has 1 saturated carbocycles. The van der Waals surface area contributed by atoms with Crippen molar-refractivity contribution in [3.05, 3.63) is 29.8 Å². The van der Waals surface area contributed by atoms with Gasteiger partial charge in [-0.15, -0.1) is 13.2 Å². The molecule has 0 heterocycles. The number of halogens is 3. The summed E-state index contributed by atoms with van der Waals surface area (Å²) < 4.78 is 46.5. The van der Waals surface area contributed by atoms with E-state index in [2.05, 4.69) is 4.74 Å². The molecule has 2 rings (SSSR count). The molecular weight excluding hydrogens is 259 g/mol. The molecule has 6 heteroatoms. The van der Waals surface area contributed by atoms with E-state index in [1.165, 1.54) is 19.2 Å². The lowest BCUT2D eigenvalue weighted by Crippen LogP contribution is -2.48. The highest BCUT2D eigenvalue weighted by Crippen LogP contribution is 2.45. The maximum Gasteiger partial charge on any atom is 0.573 e. The van der Waals surface area contributed by atoms with Gasteiger partial charge in [0, 0.05) is 12.7 Å². The number of benzene rings is 1. The van der Waals surface area contributed by atoms with E-state index in [4.69, 9.17) is 10.5 Å². The van der Waals surface area contributed by atoms with E-state index in [-0.39, 0.29) is 5.75 Å². The number of methoxy groups -OCH3 is 1. The third-order valence-electron chi connectivity index (χ3n) is 3.65. The highest BCUT2D eigenvalue weighted by molar-refractivity contribution is 5.38. The molecule has 0 radical (unpaired) electrons. The Labute approximate surface area is 109 Å². The minimum Gasteiger partial charge on any atom is -0.405 e. The van der Waals surface area contributed by atoms with Gasteiger partial charge in [-0.2, -0.15) is 0 Å². The van der Waals surface area contributed by atoms with Crippen LogP contribution in [0.25, 0.3) is 0 Å². The molecule has 1 aromatic carbocycles. The zero-order valence-electron chi connectivity index (χ0n) is 10.5. The fraction of sp³-hybridized carbons (Fsp3) is 0.538. The molecule has 1 aliphatic rings. The number of para-hydroxylation sites is 1. The van der Waals surface area contributed by atoms with Crippen LogP contribution >= 0.6 is 0 Å². The van der Waals surface area contributed by atoms with Gasteiger partial charge in [-0.25, -0.2) is 0 Å². The van der Waals surface area contributed by atoms with Crippen molar-refractivity contribution < 1.29 is 22.6 Å². The second-order valence-corrected chi connectivity index (χ2v) is 4.69. The van der Waals surface area contributed by atoms with Crippen LogP contribution < -0.4 is 10.5 Å². The molecule has 2 N–H and O–H groups in total. The first-order chi connectivity index (χ1) is 8.88. The standard InChI is InChI=1S/C13H16F3NO2/c1-18-12(7-4-8-12)11(17)9-5-2-3-6-10(9)19-13(14,15)16/h2-3,5-6,11H,4,7-8,17H2,1H3. The Morgan fingerprint density at radius 3 is 2.37 bits per heavy atom. The summed E-state index contributed by atoms with van der Waals surface area (Å²) in [4.78, 5) is 0. The number of nitrogens with two attached hydrogens (primary N) is 1. The molecule has 106 valence electrons. The first kappa shape index (κ1) is 14.1. The van der Waals surface area contributed by atoms with Gasteiger partial charge >= 0.3 is 6.36 Å². The van der Waals surface area contributed by atoms with E-state index >= 15 is 0 Å². The highest BCUT2D eigenvalue weighted by atomic mass is 19.4. The molecule has 1 aliphatic carbocycles. The summed E-state index contributed by atoms with van der Waals surface area (Å²) in [6.45, 7) is 0. The van der Waals surface area contributed by atoms with E-state index < -0.39 is 18.0 Å². The van der Waals surface area contributed by atoms with Crippen LogP contribution in [0.2, 0.25) is 0 Å². The van der Waals surface area contributed by atoms with E-state index in [0.717, 1.165) is 19.3 Å². The van der Waals surface area contributed by atoms with Crippen LogP contribution in [0.5, 0.6) is 5.75 Å². The van der Waals surface area contributed by atoms with Gasteiger partial charge in [0.2, 0.25) is 0 Å². The molecule has 0 spiro atoms. The summed E-state index contributed by atoms with van der Waals surface area (Å²) in [5.41, 5.74) is 5.84. The number of alkyl halides is 3. The molecule has 0 aliphatic heterocycles. The fourth-order valence-electron chi connectivity index (χ4n) is 2.41. The minimum absolute atomic E-state index is 0.258. The average Bonchev–Trinajstić information content (AvgIpc) is 2.26. The lowest BCUT2D eigenvalue weighted by atomic mass is 9.72. The zero-order valence-corrected chi connectivity index (χ0v) is 10.5. The molecule has 0 amide bonds. The Morgan fingerprint density at radius 2 is 1.89 bits per heavy atom. The van der Waals surface area contributed by atoms with Gasteiger partial charge in [0.25, 0.3) is 0 Å². The van der Waals surface area contributed by atoms with Crippen molar-refractivity contribution in [3.63, 3.8) is 0 Å². The molecule has 0 saturated heterocycles. The predicted octanol–water partition coefficient (Wildman–Crippen LogP) is 3.15. The first-order valence-corrected chi connectivity index (χ1v) is 6.03. The molecule has 1 fully saturated rings. The van der Waals surface area contributed by atoms with Crippen molar-refractivity contribution in [2.75, 3.05) is 7.11 Å². The summed E-state index contributed by atoms with van der Waals surface area (Å²) in [6, 6.07) is 5.30. The minimum atomic E-state index is -4.73. The van der Waals surface area contributed by atoms with E-state index in [1.807, 2.05) is 0 Å². The third kappa shape index (κ3) is 2.84. The molecule has 1 atom stereocenters. The summed E-state index contributed by atoms with van der Waals surface area (Å²) >= 11 is 0. The van der Waals surface area contributed by atoms with Gasteiger partial charge in [-0.05, 0) is 25.3 Å². The Morgan fingerprint density at radius 1 is 1.26 bits per heavy atom. The van der Waals surface area contributed by atoms with Crippen molar-refractivity contribution >= 4 is 0 Å². The predicted molar refractivity (Wildman–Crippen MR) is 63.6 cm³/mol. The van der Waals surface area contributed by atoms with Gasteiger partial charge in [-0.3, -0.25) is 0 Å². The normalized spacial score (nSPS) is 19.6. The summed E-state index contributed by atoms with van der Waals surface area (Å²) in [5, 5.41) is 0. The van der Waals surface area contributed by atoms with Crippen molar-refractivity contribution in [2.45, 2.75) is 37.3 Å². The molecule has 1 unspecified atom stereocenters. The second kappa shape index (κ2) is 5.02. The Balaban J connectivity index is 2.29. The number of ether oxygens (including phenoxy) is 2. The lowest BCUT2D eigenvalue weighted by molar-refractivity contribution is -0.275. The van der Waals surface area contributed by atoms with Gasteiger partial charge in [-0.1, -0.05) is 18.2 Å². The monoisotopic (exact) mass is 275 g/mol. The smallest absolute Gasteiger partial charge is 0.405 e. The molecule has 0 bridgehead atoms. The number of hydrogen-bond acceptors (Lipinski definition) is 3. The van der Waals surface area contributed by atoms with Gasteiger partial charge < -0.3 is 15.2 Å². The molecular formula is C13H16F3NO2.